The number of hydrogen-bond acceptors (Lipinski definition) is 6. The van der Waals surface area contributed by atoms with Crippen LogP contribution in [0.25, 0.3) is 11.3 Å². The van der Waals surface area contributed by atoms with E-state index in [0.29, 0.717) is 32.7 Å². The number of carbonyl (C=O) groups excluding carboxylic acids is 1. The molecule has 2 atom stereocenters. The van der Waals surface area contributed by atoms with Crippen LogP contribution in [0.2, 0.25) is 0 Å². The Morgan fingerprint density at radius 1 is 1.09 bits per heavy atom. The molecule has 1 N–H and O–H groups in total. The summed E-state index contributed by atoms with van der Waals surface area (Å²) in [6.45, 7) is 2.65. The van der Waals surface area contributed by atoms with Gasteiger partial charge in [-0.1, -0.05) is 60.7 Å². The molecular formula is C26H31N3O4. The molecule has 174 valence electrons. The van der Waals surface area contributed by atoms with E-state index in [-0.39, 0.29) is 11.7 Å². The van der Waals surface area contributed by atoms with Crippen molar-refractivity contribution in [2.45, 2.75) is 31.5 Å². The van der Waals surface area contributed by atoms with E-state index in [2.05, 4.69) is 22.0 Å². The maximum Gasteiger partial charge on any atom is 0.358 e. The number of hydrogen-bond donors (Lipinski definition) is 1. The van der Waals surface area contributed by atoms with Crippen molar-refractivity contribution < 1.29 is 19.4 Å². The summed E-state index contributed by atoms with van der Waals surface area (Å²) in [6.07, 6.45) is 3.26. The van der Waals surface area contributed by atoms with E-state index in [0.717, 1.165) is 24.1 Å². The van der Waals surface area contributed by atoms with Crippen molar-refractivity contribution in [2.75, 3.05) is 33.4 Å². The topological polar surface area (TPSA) is 76.8 Å². The highest BCUT2D eigenvalue weighted by Gasteiger charge is 2.28. The standard InChI is InChI=1S/C26H31N3O4/c1-32-26(31)24-25(21-10-6-3-7-11-21)29(19-27-24)22(13-12-20-8-4-2-5-9-20)18-23(30)28-14-16-33-17-15-28/h2-11,19,22-23,30H,12-18H2,1H3/t22-,23?/m1/s1. The van der Waals surface area contributed by atoms with E-state index < -0.39 is 12.2 Å². The molecule has 0 spiro atoms. The number of aliphatic hydroxyl groups is 1. The van der Waals surface area contributed by atoms with Crippen LogP contribution in [0.15, 0.2) is 67.0 Å². The first kappa shape index (κ1) is 23.2. The molecule has 1 saturated heterocycles. The van der Waals surface area contributed by atoms with Gasteiger partial charge in [-0.3, -0.25) is 4.90 Å². The number of nitrogens with zero attached hydrogens (tertiary/aromatic N) is 3. The van der Waals surface area contributed by atoms with E-state index >= 15 is 0 Å². The van der Waals surface area contributed by atoms with Crippen molar-refractivity contribution in [1.82, 2.24) is 14.5 Å². The van der Waals surface area contributed by atoms with Crippen molar-refractivity contribution in [1.29, 1.82) is 0 Å². The van der Waals surface area contributed by atoms with Crippen LogP contribution in [-0.4, -0.2) is 65.2 Å². The summed E-state index contributed by atoms with van der Waals surface area (Å²) in [7, 11) is 1.37. The van der Waals surface area contributed by atoms with Crippen LogP contribution in [0.3, 0.4) is 0 Å². The minimum atomic E-state index is -0.609. The van der Waals surface area contributed by atoms with Crippen LogP contribution in [-0.2, 0) is 15.9 Å². The molecular weight excluding hydrogens is 418 g/mol. The minimum Gasteiger partial charge on any atom is -0.464 e. The number of aliphatic hydroxyl groups excluding tert-OH is 1. The zero-order chi connectivity index (χ0) is 23.0. The Kier molecular flexibility index (Phi) is 7.88. The summed E-state index contributed by atoms with van der Waals surface area (Å²) < 4.78 is 12.5. The van der Waals surface area contributed by atoms with Gasteiger partial charge in [-0.05, 0) is 18.4 Å². The highest BCUT2D eigenvalue weighted by atomic mass is 16.5. The van der Waals surface area contributed by atoms with E-state index in [1.807, 2.05) is 53.1 Å². The summed E-state index contributed by atoms with van der Waals surface area (Å²) in [4.78, 5) is 19.0. The van der Waals surface area contributed by atoms with Gasteiger partial charge in [0.05, 0.1) is 32.3 Å². The highest BCUT2D eigenvalue weighted by Crippen LogP contribution is 2.31. The summed E-state index contributed by atoms with van der Waals surface area (Å²) in [6, 6.07) is 20.0. The Hall–Kier alpha value is -3.00. The van der Waals surface area contributed by atoms with Gasteiger partial charge in [0, 0.05) is 31.1 Å². The molecule has 2 aromatic carbocycles. The third-order valence-electron chi connectivity index (χ3n) is 6.17. The molecule has 3 aromatic rings. The summed E-state index contributed by atoms with van der Waals surface area (Å²) in [5.74, 6) is -0.469. The molecule has 1 aliphatic heterocycles. The average molecular weight is 450 g/mol. The van der Waals surface area contributed by atoms with Crippen molar-refractivity contribution >= 4 is 5.97 Å². The number of carbonyl (C=O) groups is 1. The third-order valence-corrected chi connectivity index (χ3v) is 6.17. The predicted molar refractivity (Wildman–Crippen MR) is 126 cm³/mol. The molecule has 2 heterocycles. The average Bonchev–Trinajstić information content (AvgIpc) is 3.32. The molecule has 1 aliphatic rings. The number of esters is 1. The number of methoxy groups -OCH3 is 1. The Labute approximate surface area is 194 Å². The van der Waals surface area contributed by atoms with Crippen molar-refractivity contribution in [3.63, 3.8) is 0 Å². The fourth-order valence-corrected chi connectivity index (χ4v) is 4.38. The number of rotatable bonds is 9. The maximum absolute atomic E-state index is 12.5. The fourth-order valence-electron chi connectivity index (χ4n) is 4.38. The second-order valence-electron chi connectivity index (χ2n) is 8.25. The first-order valence-electron chi connectivity index (χ1n) is 11.4. The largest absolute Gasteiger partial charge is 0.464 e. The van der Waals surface area contributed by atoms with Gasteiger partial charge in [0.1, 0.15) is 6.23 Å². The number of aryl methyl sites for hydroxylation is 1. The van der Waals surface area contributed by atoms with Crippen LogP contribution in [0.4, 0.5) is 0 Å². The maximum atomic E-state index is 12.5. The molecule has 4 rings (SSSR count). The second-order valence-corrected chi connectivity index (χ2v) is 8.25. The molecule has 33 heavy (non-hydrogen) atoms. The first-order valence-corrected chi connectivity index (χ1v) is 11.4. The SMILES string of the molecule is COC(=O)c1ncn([C@H](CCc2ccccc2)CC(O)N2CCOCC2)c1-c1ccccc1. The molecule has 0 aliphatic carbocycles. The third kappa shape index (κ3) is 5.68. The number of imidazole rings is 1. The first-order chi connectivity index (χ1) is 16.2. The van der Waals surface area contributed by atoms with E-state index in [1.54, 1.807) is 6.33 Å². The molecule has 7 heteroatoms. The molecule has 1 unspecified atom stereocenters. The predicted octanol–water partition coefficient (Wildman–Crippen LogP) is 3.55. The molecule has 0 bridgehead atoms. The van der Waals surface area contributed by atoms with Crippen LogP contribution < -0.4 is 0 Å². The minimum absolute atomic E-state index is 0.0656. The lowest BCUT2D eigenvalue weighted by atomic mass is 10.00. The van der Waals surface area contributed by atoms with Crippen LogP contribution >= 0.6 is 0 Å². The van der Waals surface area contributed by atoms with Crippen molar-refractivity contribution in [2.24, 2.45) is 0 Å². The van der Waals surface area contributed by atoms with Gasteiger partial charge < -0.3 is 19.1 Å². The second kappa shape index (κ2) is 11.2. The van der Waals surface area contributed by atoms with E-state index in [4.69, 9.17) is 9.47 Å². The zero-order valence-electron chi connectivity index (χ0n) is 19.0. The van der Waals surface area contributed by atoms with Gasteiger partial charge in [-0.2, -0.15) is 0 Å². The van der Waals surface area contributed by atoms with Crippen LogP contribution in [0.1, 0.15) is 34.9 Å². The van der Waals surface area contributed by atoms with Gasteiger partial charge in [0.15, 0.2) is 5.69 Å². The molecule has 0 amide bonds. The lowest BCUT2D eigenvalue weighted by Gasteiger charge is -2.33. The normalized spacial score (nSPS) is 16.3. The molecule has 0 saturated carbocycles. The van der Waals surface area contributed by atoms with E-state index in [1.165, 1.54) is 12.7 Å². The van der Waals surface area contributed by atoms with Crippen LogP contribution in [0, 0.1) is 0 Å². The fraction of sp³-hybridized carbons (Fsp3) is 0.385. The Morgan fingerprint density at radius 3 is 2.42 bits per heavy atom. The van der Waals surface area contributed by atoms with Gasteiger partial charge in [0.25, 0.3) is 0 Å². The number of ether oxygens (including phenoxy) is 2. The van der Waals surface area contributed by atoms with Crippen molar-refractivity contribution in [3.05, 3.63) is 78.2 Å². The van der Waals surface area contributed by atoms with Gasteiger partial charge in [-0.25, -0.2) is 9.78 Å². The van der Waals surface area contributed by atoms with E-state index in [9.17, 15) is 9.90 Å². The molecule has 1 fully saturated rings. The van der Waals surface area contributed by atoms with Crippen LogP contribution in [0.5, 0.6) is 0 Å². The van der Waals surface area contributed by atoms with Crippen molar-refractivity contribution in [3.8, 4) is 11.3 Å². The highest BCUT2D eigenvalue weighted by molar-refractivity contribution is 5.94. The van der Waals surface area contributed by atoms with Gasteiger partial charge in [0.2, 0.25) is 0 Å². The Balaban J connectivity index is 1.67. The lowest BCUT2D eigenvalue weighted by molar-refractivity contribution is -0.0672. The summed E-state index contributed by atoms with van der Waals surface area (Å²) in [5.41, 5.74) is 3.13. The number of aromatic nitrogens is 2. The smallest absolute Gasteiger partial charge is 0.358 e. The number of morpholine rings is 1. The Bertz CT molecular complexity index is 1020. The number of benzene rings is 2. The van der Waals surface area contributed by atoms with Gasteiger partial charge >= 0.3 is 5.97 Å². The summed E-state index contributed by atoms with van der Waals surface area (Å²) in [5, 5.41) is 11.1. The Morgan fingerprint density at radius 2 is 1.76 bits per heavy atom. The lowest BCUT2D eigenvalue weighted by Crippen LogP contribution is -2.44. The quantitative estimate of drug-likeness (QED) is 0.504. The monoisotopic (exact) mass is 449 g/mol. The molecule has 1 aromatic heterocycles. The zero-order valence-corrected chi connectivity index (χ0v) is 19.0. The summed E-state index contributed by atoms with van der Waals surface area (Å²) >= 11 is 0. The molecule has 7 nitrogen and oxygen atoms in total. The van der Waals surface area contributed by atoms with Gasteiger partial charge in [-0.15, -0.1) is 0 Å². The molecule has 0 radical (unpaired) electrons.